The van der Waals surface area contributed by atoms with Gasteiger partial charge in [-0.15, -0.1) is 0 Å². The van der Waals surface area contributed by atoms with Gasteiger partial charge in [-0.05, 0) is 0 Å². The van der Waals surface area contributed by atoms with Crippen molar-refractivity contribution in [3.63, 3.8) is 0 Å². The summed E-state index contributed by atoms with van der Waals surface area (Å²) >= 11 is 0. The molecule has 0 radical (unpaired) electrons. The molecule has 0 bridgehead atoms. The first kappa shape index (κ1) is 21.5. The predicted octanol–water partition coefficient (Wildman–Crippen LogP) is -2.98. The highest BCUT2D eigenvalue weighted by Gasteiger charge is 2.44. The summed E-state index contributed by atoms with van der Waals surface area (Å²) in [5, 5.41) is 43.5. The highest BCUT2D eigenvalue weighted by Crippen LogP contribution is 2.20. The molecule has 0 aliphatic rings. The molecule has 9 nitrogen and oxygen atoms in total. The van der Waals surface area contributed by atoms with E-state index >= 15 is 0 Å². The molecule has 122 valence electrons. The number of rotatable bonds is 5. The third-order valence-corrected chi connectivity index (χ3v) is 2.30. The van der Waals surface area contributed by atoms with Crippen LogP contribution in [0.1, 0.15) is 0 Å². The van der Waals surface area contributed by atoms with E-state index in [9.17, 15) is 18.0 Å². The van der Waals surface area contributed by atoms with Crippen LogP contribution in [0.5, 0.6) is 0 Å². The first-order chi connectivity index (χ1) is 8.79. The van der Waals surface area contributed by atoms with Crippen molar-refractivity contribution in [3.8, 4) is 0 Å². The lowest BCUT2D eigenvalue weighted by Crippen LogP contribution is -2.46. The summed E-state index contributed by atoms with van der Waals surface area (Å²) in [6.45, 7) is -0.760. The van der Waals surface area contributed by atoms with E-state index < -0.39 is 46.6 Å². The molecule has 0 amide bonds. The largest absolute Gasteiger partial charge is 0.522 e. The lowest BCUT2D eigenvalue weighted by Gasteiger charge is -2.22. The zero-order valence-corrected chi connectivity index (χ0v) is 10.4. The summed E-state index contributed by atoms with van der Waals surface area (Å²) in [6.07, 6.45) is -6.84. The fourth-order valence-corrected chi connectivity index (χ4v) is 0.618. The normalized spacial score (nSPS) is 18.2. The summed E-state index contributed by atoms with van der Waals surface area (Å²) in [6, 6.07) is 0. The fraction of sp³-hybridized carbons (Fsp3) is 0.857. The zero-order chi connectivity index (χ0) is 16.7. The topological polar surface area (TPSA) is 173 Å². The average molecular weight is 330 g/mol. The van der Waals surface area contributed by atoms with Crippen LogP contribution in [0.2, 0.25) is 0 Å². The van der Waals surface area contributed by atoms with Gasteiger partial charge in [-0.1, -0.05) is 0 Å². The minimum atomic E-state index is -5.84. The van der Waals surface area contributed by atoms with Gasteiger partial charge in [0.2, 0.25) is 0 Å². The number of hydrogen-bond donors (Lipinski definition) is 6. The molecule has 0 spiro atoms. The van der Waals surface area contributed by atoms with Gasteiger partial charge in [-0.3, -0.25) is 4.55 Å². The van der Waals surface area contributed by atoms with Gasteiger partial charge < -0.3 is 30.3 Å². The molecule has 0 saturated heterocycles. The van der Waals surface area contributed by atoms with Crippen molar-refractivity contribution in [2.45, 2.75) is 29.9 Å². The highest BCUT2D eigenvalue weighted by atomic mass is 32.2. The molecule has 0 aliphatic heterocycles. The molecule has 0 heterocycles. The number of carbonyl (C=O) groups excluding carboxylic acids is 1. The van der Waals surface area contributed by atoms with Gasteiger partial charge in [0.15, 0.2) is 6.29 Å². The van der Waals surface area contributed by atoms with Crippen molar-refractivity contribution >= 4 is 16.4 Å². The molecule has 0 aromatic rings. The Hall–Kier alpha value is -0.830. The quantitative estimate of drug-likeness (QED) is 0.175. The maximum Gasteiger partial charge on any atom is 0.522 e. The summed E-state index contributed by atoms with van der Waals surface area (Å²) in [5.74, 6) is 0. The maximum atomic E-state index is 10.7. The summed E-state index contributed by atoms with van der Waals surface area (Å²) in [4.78, 5) is 9.90. The van der Waals surface area contributed by atoms with Gasteiger partial charge in [-0.2, -0.15) is 21.6 Å². The van der Waals surface area contributed by atoms with E-state index in [-0.39, 0.29) is 6.29 Å². The average Bonchev–Trinajstić information content (AvgIpc) is 2.33. The molecule has 0 aliphatic carbocycles. The van der Waals surface area contributed by atoms with Crippen LogP contribution < -0.4 is 0 Å². The van der Waals surface area contributed by atoms with Crippen LogP contribution in [-0.2, 0) is 14.9 Å². The summed E-state index contributed by atoms with van der Waals surface area (Å²) < 4.78 is 57.5. The van der Waals surface area contributed by atoms with Crippen molar-refractivity contribution in [1.82, 2.24) is 0 Å². The molecule has 0 rings (SSSR count). The zero-order valence-electron chi connectivity index (χ0n) is 9.54. The lowest BCUT2D eigenvalue weighted by atomic mass is 10.0. The summed E-state index contributed by atoms with van der Waals surface area (Å²) in [7, 11) is -5.84. The molecular formula is C7H13F3O9S. The van der Waals surface area contributed by atoms with E-state index in [4.69, 9.17) is 38.5 Å². The standard InChI is InChI=1S/C6H12O6.CHF3O3S/c7-1-3(9)5(11)6(12)4(10)2-8;2-1(3,4)8(5,6)7/h1,3-6,8-12H,2H2;(H,5,6,7)/t3-,4-,5-,6-;/m1./s1. The van der Waals surface area contributed by atoms with Crippen LogP contribution in [0.4, 0.5) is 13.2 Å². The minimum absolute atomic E-state index is 0.0258. The molecule has 0 saturated carbocycles. The number of alkyl halides is 3. The second kappa shape index (κ2) is 8.46. The number of aliphatic hydroxyl groups is 5. The van der Waals surface area contributed by atoms with Gasteiger partial charge in [0.05, 0.1) is 6.61 Å². The number of aliphatic hydroxyl groups excluding tert-OH is 5. The molecule has 0 aromatic heterocycles. The predicted molar refractivity (Wildman–Crippen MR) is 54.8 cm³/mol. The summed E-state index contributed by atoms with van der Waals surface area (Å²) in [5.41, 5.74) is -5.53. The van der Waals surface area contributed by atoms with Crippen LogP contribution in [-0.4, -0.2) is 81.3 Å². The molecule has 0 aromatic carbocycles. The van der Waals surface area contributed by atoms with E-state index in [1.165, 1.54) is 0 Å². The maximum absolute atomic E-state index is 10.7. The van der Waals surface area contributed by atoms with Crippen LogP contribution in [0.25, 0.3) is 0 Å². The fourth-order valence-electron chi connectivity index (χ4n) is 0.618. The first-order valence-electron chi connectivity index (χ1n) is 4.61. The van der Waals surface area contributed by atoms with Crippen molar-refractivity contribution in [3.05, 3.63) is 0 Å². The third-order valence-electron chi connectivity index (χ3n) is 1.71. The minimum Gasteiger partial charge on any atom is -0.394 e. The van der Waals surface area contributed by atoms with Crippen molar-refractivity contribution in [1.29, 1.82) is 0 Å². The number of carbonyl (C=O) groups is 1. The van der Waals surface area contributed by atoms with Crippen LogP contribution >= 0.6 is 0 Å². The van der Waals surface area contributed by atoms with E-state index in [1.54, 1.807) is 0 Å². The Morgan fingerprint density at radius 3 is 1.60 bits per heavy atom. The Labute approximate surface area is 110 Å². The van der Waals surface area contributed by atoms with Crippen LogP contribution in [0.3, 0.4) is 0 Å². The van der Waals surface area contributed by atoms with Crippen molar-refractivity contribution in [2.24, 2.45) is 0 Å². The Bertz CT molecular complexity index is 381. The van der Waals surface area contributed by atoms with Crippen LogP contribution in [0.15, 0.2) is 0 Å². The van der Waals surface area contributed by atoms with E-state index in [2.05, 4.69) is 0 Å². The van der Waals surface area contributed by atoms with Gasteiger partial charge in [0.1, 0.15) is 24.4 Å². The Morgan fingerprint density at radius 2 is 1.40 bits per heavy atom. The Balaban J connectivity index is 0. The monoisotopic (exact) mass is 330 g/mol. The van der Waals surface area contributed by atoms with Crippen molar-refractivity contribution < 1.29 is 56.5 Å². The smallest absolute Gasteiger partial charge is 0.394 e. The van der Waals surface area contributed by atoms with Gasteiger partial charge >= 0.3 is 15.6 Å². The Morgan fingerprint density at radius 1 is 1.05 bits per heavy atom. The highest BCUT2D eigenvalue weighted by molar-refractivity contribution is 7.86. The Kier molecular flexibility index (Phi) is 9.08. The molecule has 4 atom stereocenters. The van der Waals surface area contributed by atoms with Gasteiger partial charge in [-0.25, -0.2) is 0 Å². The van der Waals surface area contributed by atoms with E-state index in [0.29, 0.717) is 0 Å². The van der Waals surface area contributed by atoms with Gasteiger partial charge in [0, 0.05) is 0 Å². The number of hydrogen-bond acceptors (Lipinski definition) is 8. The lowest BCUT2D eigenvalue weighted by molar-refractivity contribution is -0.136. The number of aldehydes is 1. The van der Waals surface area contributed by atoms with E-state index in [1.807, 2.05) is 0 Å². The molecule has 6 N–H and O–H groups in total. The SMILES string of the molecule is O=C[C@@H](O)[C@@H](O)[C@H](O)[C@H](O)CO.O=S(=O)(O)C(F)(F)F. The molecule has 20 heavy (non-hydrogen) atoms. The van der Waals surface area contributed by atoms with Gasteiger partial charge in [0.25, 0.3) is 0 Å². The molecule has 13 heteroatoms. The molecule has 0 unspecified atom stereocenters. The second-order valence-corrected chi connectivity index (χ2v) is 4.69. The molecular weight excluding hydrogens is 317 g/mol. The third kappa shape index (κ3) is 7.68. The van der Waals surface area contributed by atoms with E-state index in [0.717, 1.165) is 0 Å². The number of halogens is 3. The van der Waals surface area contributed by atoms with Crippen LogP contribution in [0, 0.1) is 0 Å². The van der Waals surface area contributed by atoms with Crippen molar-refractivity contribution in [2.75, 3.05) is 6.61 Å². The first-order valence-corrected chi connectivity index (χ1v) is 6.05. The second-order valence-electron chi connectivity index (χ2n) is 3.28. The molecule has 0 fully saturated rings.